The lowest BCUT2D eigenvalue weighted by molar-refractivity contribution is 0.456. The van der Waals surface area contributed by atoms with Crippen LogP contribution in [-0.4, -0.2) is 12.6 Å². The van der Waals surface area contributed by atoms with Gasteiger partial charge in [-0.05, 0) is 55.7 Å². The van der Waals surface area contributed by atoms with Gasteiger partial charge in [0.15, 0.2) is 0 Å². The minimum Gasteiger partial charge on any atom is -0.313 e. The van der Waals surface area contributed by atoms with Crippen LogP contribution in [0.4, 0.5) is 0 Å². The first-order valence-electron chi connectivity index (χ1n) is 6.25. The molecule has 0 spiro atoms. The zero-order valence-corrected chi connectivity index (χ0v) is 9.98. The molecule has 1 aromatic rings. The van der Waals surface area contributed by atoms with Gasteiger partial charge in [0.1, 0.15) is 0 Å². The van der Waals surface area contributed by atoms with Gasteiger partial charge in [-0.3, -0.25) is 0 Å². The van der Waals surface area contributed by atoms with E-state index in [1.54, 1.807) is 10.4 Å². The molecule has 2 heterocycles. The van der Waals surface area contributed by atoms with Crippen molar-refractivity contribution in [3.63, 3.8) is 0 Å². The molecule has 0 radical (unpaired) electrons. The Balaban J connectivity index is 1.88. The van der Waals surface area contributed by atoms with Crippen molar-refractivity contribution in [1.82, 2.24) is 5.32 Å². The van der Waals surface area contributed by atoms with Gasteiger partial charge in [-0.1, -0.05) is 6.42 Å². The highest BCUT2D eigenvalue weighted by molar-refractivity contribution is 7.10. The highest BCUT2D eigenvalue weighted by Gasteiger charge is 2.28. The molecule has 0 bridgehead atoms. The maximum absolute atomic E-state index is 3.69. The van der Waals surface area contributed by atoms with E-state index in [1.165, 1.54) is 45.1 Å². The molecule has 0 amide bonds. The largest absolute Gasteiger partial charge is 0.313 e. The number of hydrogen-bond donors (Lipinski definition) is 1. The van der Waals surface area contributed by atoms with E-state index in [0.717, 1.165) is 12.0 Å². The number of thiophene rings is 1. The standard InChI is InChI=1S/C13H19NS/c1-2-6-13-11(7-9-15-13)10(4-1)12-5-3-8-14-12/h7,9-10,12,14H,1-6,8H2/t10-,12-/m1/s1. The summed E-state index contributed by atoms with van der Waals surface area (Å²) in [5, 5.41) is 5.98. The van der Waals surface area contributed by atoms with Crippen LogP contribution in [0.25, 0.3) is 0 Å². The van der Waals surface area contributed by atoms with Crippen LogP contribution in [0.15, 0.2) is 11.4 Å². The summed E-state index contributed by atoms with van der Waals surface area (Å²) in [6.07, 6.45) is 8.32. The monoisotopic (exact) mass is 221 g/mol. The van der Waals surface area contributed by atoms with Crippen molar-refractivity contribution in [1.29, 1.82) is 0 Å². The van der Waals surface area contributed by atoms with Gasteiger partial charge in [0.05, 0.1) is 0 Å². The molecular weight excluding hydrogens is 202 g/mol. The van der Waals surface area contributed by atoms with Crippen LogP contribution < -0.4 is 5.32 Å². The molecule has 3 rings (SSSR count). The quantitative estimate of drug-likeness (QED) is 0.717. The smallest absolute Gasteiger partial charge is 0.0137 e. The molecule has 0 saturated carbocycles. The van der Waals surface area contributed by atoms with Crippen LogP contribution in [0.5, 0.6) is 0 Å². The average molecular weight is 221 g/mol. The van der Waals surface area contributed by atoms with E-state index in [0.29, 0.717) is 0 Å². The van der Waals surface area contributed by atoms with Crippen LogP contribution in [0.1, 0.15) is 48.5 Å². The summed E-state index contributed by atoms with van der Waals surface area (Å²) >= 11 is 1.97. The summed E-state index contributed by atoms with van der Waals surface area (Å²) in [7, 11) is 0. The lowest BCUT2D eigenvalue weighted by Crippen LogP contribution is -2.28. The zero-order valence-electron chi connectivity index (χ0n) is 9.17. The van der Waals surface area contributed by atoms with Crippen molar-refractivity contribution in [2.45, 2.75) is 50.5 Å². The molecule has 2 heteroatoms. The Morgan fingerprint density at radius 2 is 2.20 bits per heavy atom. The Morgan fingerprint density at radius 3 is 3.07 bits per heavy atom. The second-order valence-corrected chi connectivity index (χ2v) is 5.85. The molecule has 2 aliphatic rings. The van der Waals surface area contributed by atoms with Gasteiger partial charge in [0.25, 0.3) is 0 Å². The van der Waals surface area contributed by atoms with E-state index < -0.39 is 0 Å². The van der Waals surface area contributed by atoms with Gasteiger partial charge >= 0.3 is 0 Å². The number of nitrogens with one attached hydrogen (secondary N) is 1. The minimum atomic E-state index is 0.774. The molecule has 1 aliphatic heterocycles. The van der Waals surface area contributed by atoms with Crippen molar-refractivity contribution in [2.24, 2.45) is 0 Å². The van der Waals surface area contributed by atoms with E-state index in [9.17, 15) is 0 Å². The third kappa shape index (κ3) is 1.85. The minimum absolute atomic E-state index is 0.774. The van der Waals surface area contributed by atoms with Gasteiger partial charge < -0.3 is 5.32 Å². The SMILES string of the molecule is c1cc2c(s1)CCCC[C@H]2[C@H]1CCCN1. The van der Waals surface area contributed by atoms with E-state index in [1.807, 2.05) is 11.3 Å². The Hall–Kier alpha value is -0.340. The van der Waals surface area contributed by atoms with Gasteiger partial charge in [0, 0.05) is 16.8 Å². The summed E-state index contributed by atoms with van der Waals surface area (Å²) in [6.45, 7) is 1.24. The lowest BCUT2D eigenvalue weighted by atomic mass is 9.88. The summed E-state index contributed by atoms with van der Waals surface area (Å²) in [6, 6.07) is 3.16. The predicted octanol–water partition coefficient (Wildman–Crippen LogP) is 3.31. The highest BCUT2D eigenvalue weighted by Crippen LogP contribution is 2.37. The Morgan fingerprint density at radius 1 is 1.20 bits per heavy atom. The number of rotatable bonds is 1. The molecule has 0 aromatic carbocycles. The van der Waals surface area contributed by atoms with Gasteiger partial charge in [-0.25, -0.2) is 0 Å². The van der Waals surface area contributed by atoms with Crippen molar-refractivity contribution in [3.8, 4) is 0 Å². The Labute approximate surface area is 95.9 Å². The summed E-state index contributed by atoms with van der Waals surface area (Å²) in [5.74, 6) is 0.816. The maximum Gasteiger partial charge on any atom is 0.0137 e. The second kappa shape index (κ2) is 4.26. The normalized spacial score (nSPS) is 31.2. The third-order valence-electron chi connectivity index (χ3n) is 3.93. The molecule has 82 valence electrons. The lowest BCUT2D eigenvalue weighted by Gasteiger charge is -2.22. The molecule has 2 atom stereocenters. The summed E-state index contributed by atoms with van der Waals surface area (Å²) in [4.78, 5) is 1.67. The van der Waals surface area contributed by atoms with Crippen LogP contribution >= 0.6 is 11.3 Å². The first-order chi connectivity index (χ1) is 7.45. The van der Waals surface area contributed by atoms with Crippen LogP contribution in [0.3, 0.4) is 0 Å². The predicted molar refractivity (Wildman–Crippen MR) is 65.6 cm³/mol. The first-order valence-corrected chi connectivity index (χ1v) is 7.13. The topological polar surface area (TPSA) is 12.0 Å². The molecule has 1 aliphatic carbocycles. The van der Waals surface area contributed by atoms with E-state index in [-0.39, 0.29) is 0 Å². The van der Waals surface area contributed by atoms with Crippen molar-refractivity contribution in [3.05, 3.63) is 21.9 Å². The maximum atomic E-state index is 3.69. The highest BCUT2D eigenvalue weighted by atomic mass is 32.1. The fraction of sp³-hybridized carbons (Fsp3) is 0.692. The van der Waals surface area contributed by atoms with E-state index in [2.05, 4.69) is 16.8 Å². The fourth-order valence-electron chi connectivity index (χ4n) is 3.16. The molecule has 1 aromatic heterocycles. The van der Waals surface area contributed by atoms with Crippen LogP contribution in [0, 0.1) is 0 Å². The number of aryl methyl sites for hydroxylation is 1. The second-order valence-electron chi connectivity index (χ2n) is 4.85. The molecule has 1 N–H and O–H groups in total. The molecular formula is C13H19NS. The van der Waals surface area contributed by atoms with Crippen molar-refractivity contribution >= 4 is 11.3 Å². The number of fused-ring (bicyclic) bond motifs is 1. The van der Waals surface area contributed by atoms with E-state index >= 15 is 0 Å². The van der Waals surface area contributed by atoms with E-state index in [4.69, 9.17) is 0 Å². The fourth-order valence-corrected chi connectivity index (χ4v) is 4.16. The van der Waals surface area contributed by atoms with Gasteiger partial charge in [-0.2, -0.15) is 0 Å². The van der Waals surface area contributed by atoms with Crippen molar-refractivity contribution in [2.75, 3.05) is 6.54 Å². The summed E-state index contributed by atoms with van der Waals surface area (Å²) < 4.78 is 0. The van der Waals surface area contributed by atoms with Crippen molar-refractivity contribution < 1.29 is 0 Å². The zero-order chi connectivity index (χ0) is 10.1. The Kier molecular flexibility index (Phi) is 2.80. The molecule has 1 nitrogen and oxygen atoms in total. The molecule has 1 fully saturated rings. The third-order valence-corrected chi connectivity index (χ3v) is 4.93. The summed E-state index contributed by atoms with van der Waals surface area (Å²) in [5.41, 5.74) is 1.68. The molecule has 15 heavy (non-hydrogen) atoms. The van der Waals surface area contributed by atoms with Crippen LogP contribution in [0.2, 0.25) is 0 Å². The van der Waals surface area contributed by atoms with Gasteiger partial charge in [-0.15, -0.1) is 11.3 Å². The Bertz CT molecular complexity index is 325. The van der Waals surface area contributed by atoms with Gasteiger partial charge in [0.2, 0.25) is 0 Å². The average Bonchev–Trinajstić information content (AvgIpc) is 2.88. The first kappa shape index (κ1) is 9.86. The number of hydrogen-bond acceptors (Lipinski definition) is 2. The molecule has 0 unspecified atom stereocenters. The molecule has 1 saturated heterocycles. The van der Waals surface area contributed by atoms with Crippen LogP contribution in [-0.2, 0) is 6.42 Å².